The van der Waals surface area contributed by atoms with E-state index in [1.807, 2.05) is 42.1 Å². The van der Waals surface area contributed by atoms with Gasteiger partial charge in [0, 0.05) is 42.4 Å². The van der Waals surface area contributed by atoms with Gasteiger partial charge in [0.2, 0.25) is 5.91 Å². The Morgan fingerprint density at radius 2 is 2.08 bits per heavy atom. The first kappa shape index (κ1) is 15.5. The summed E-state index contributed by atoms with van der Waals surface area (Å²) in [4.78, 5) is 21.9. The number of hydrogen-bond acceptors (Lipinski definition) is 4. The number of carbonyl (C=O) groups excluding carboxylic acids is 1. The monoisotopic (exact) mass is 324 g/mol. The SMILES string of the molecule is Cn1ccc2cccc(NCc3ccc(C(N)=O)cc3[N+](=O)[O-])c21. The van der Waals surface area contributed by atoms with Crippen molar-refractivity contribution in [1.82, 2.24) is 4.57 Å². The van der Waals surface area contributed by atoms with Crippen molar-refractivity contribution >= 4 is 28.2 Å². The van der Waals surface area contributed by atoms with E-state index < -0.39 is 10.8 Å². The smallest absolute Gasteiger partial charge is 0.275 e. The lowest BCUT2D eigenvalue weighted by atomic mass is 10.1. The first-order chi connectivity index (χ1) is 11.5. The molecule has 3 aromatic rings. The maximum absolute atomic E-state index is 11.3. The number of benzene rings is 2. The Balaban J connectivity index is 1.92. The van der Waals surface area contributed by atoms with Gasteiger partial charge < -0.3 is 15.6 Å². The number of para-hydroxylation sites is 1. The first-order valence-corrected chi connectivity index (χ1v) is 7.32. The van der Waals surface area contributed by atoms with Gasteiger partial charge in [-0.2, -0.15) is 0 Å². The Bertz CT molecular complexity index is 946. The van der Waals surface area contributed by atoms with Crippen LogP contribution < -0.4 is 11.1 Å². The predicted octanol–water partition coefficient (Wildman–Crippen LogP) is 2.80. The van der Waals surface area contributed by atoms with Gasteiger partial charge in [0.05, 0.1) is 16.1 Å². The van der Waals surface area contributed by atoms with E-state index in [0.29, 0.717) is 5.56 Å². The standard InChI is InChI=1S/C17H16N4O3/c1-20-8-7-11-3-2-4-14(16(11)20)19-10-13-6-5-12(17(18)22)9-15(13)21(23)24/h2-9,19H,10H2,1H3,(H2,18,22). The summed E-state index contributed by atoms with van der Waals surface area (Å²) in [6.07, 6.45) is 1.96. The molecule has 0 saturated carbocycles. The van der Waals surface area contributed by atoms with Crippen molar-refractivity contribution in [2.45, 2.75) is 6.54 Å². The number of aryl methyl sites for hydroxylation is 1. The number of primary amides is 1. The summed E-state index contributed by atoms with van der Waals surface area (Å²) in [5.41, 5.74) is 7.57. The van der Waals surface area contributed by atoms with Crippen molar-refractivity contribution in [2.75, 3.05) is 5.32 Å². The number of amides is 1. The Hall–Kier alpha value is -3.35. The molecule has 122 valence electrons. The van der Waals surface area contributed by atoms with Crippen LogP contribution in [0.25, 0.3) is 10.9 Å². The molecule has 0 saturated heterocycles. The molecule has 1 amide bonds. The van der Waals surface area contributed by atoms with Crippen LogP contribution in [0.5, 0.6) is 0 Å². The number of fused-ring (bicyclic) bond motifs is 1. The number of nitrogens with two attached hydrogens (primary N) is 1. The van der Waals surface area contributed by atoms with Crippen LogP contribution in [0.4, 0.5) is 11.4 Å². The average Bonchev–Trinajstić information content (AvgIpc) is 2.94. The molecular formula is C17H16N4O3. The minimum absolute atomic E-state index is 0.120. The molecule has 0 unspecified atom stereocenters. The molecular weight excluding hydrogens is 308 g/mol. The number of anilines is 1. The normalized spacial score (nSPS) is 10.7. The van der Waals surface area contributed by atoms with E-state index in [4.69, 9.17) is 5.73 Å². The second kappa shape index (κ2) is 6.04. The minimum Gasteiger partial charge on any atom is -0.379 e. The van der Waals surface area contributed by atoms with Crippen molar-refractivity contribution in [3.63, 3.8) is 0 Å². The van der Waals surface area contributed by atoms with Gasteiger partial charge in [-0.25, -0.2) is 0 Å². The van der Waals surface area contributed by atoms with Crippen LogP contribution in [-0.2, 0) is 13.6 Å². The highest BCUT2D eigenvalue weighted by atomic mass is 16.6. The number of rotatable bonds is 5. The minimum atomic E-state index is -0.689. The van der Waals surface area contributed by atoms with E-state index in [1.165, 1.54) is 12.1 Å². The molecule has 3 N–H and O–H groups in total. The fourth-order valence-corrected chi connectivity index (χ4v) is 2.73. The Kier molecular flexibility index (Phi) is 3.91. The number of carbonyl (C=O) groups is 1. The molecule has 0 atom stereocenters. The number of hydrogen-bond donors (Lipinski definition) is 2. The highest BCUT2D eigenvalue weighted by Crippen LogP contribution is 2.26. The highest BCUT2D eigenvalue weighted by Gasteiger charge is 2.16. The van der Waals surface area contributed by atoms with Crippen LogP contribution in [0, 0.1) is 10.1 Å². The van der Waals surface area contributed by atoms with Crippen LogP contribution in [0.1, 0.15) is 15.9 Å². The fourth-order valence-electron chi connectivity index (χ4n) is 2.73. The molecule has 0 radical (unpaired) electrons. The molecule has 0 aliphatic rings. The van der Waals surface area contributed by atoms with Crippen LogP contribution in [0.2, 0.25) is 0 Å². The van der Waals surface area contributed by atoms with E-state index in [1.54, 1.807) is 6.07 Å². The lowest BCUT2D eigenvalue weighted by molar-refractivity contribution is -0.385. The summed E-state index contributed by atoms with van der Waals surface area (Å²) >= 11 is 0. The molecule has 7 heteroatoms. The van der Waals surface area contributed by atoms with Gasteiger partial charge in [0.25, 0.3) is 5.69 Å². The van der Waals surface area contributed by atoms with Crippen LogP contribution >= 0.6 is 0 Å². The lowest BCUT2D eigenvalue weighted by Gasteiger charge is -2.10. The average molecular weight is 324 g/mol. The number of nitrogens with one attached hydrogen (secondary N) is 1. The van der Waals surface area contributed by atoms with Crippen molar-refractivity contribution in [1.29, 1.82) is 0 Å². The topological polar surface area (TPSA) is 103 Å². The van der Waals surface area contributed by atoms with E-state index in [0.717, 1.165) is 16.6 Å². The Morgan fingerprint density at radius 3 is 2.79 bits per heavy atom. The van der Waals surface area contributed by atoms with Gasteiger partial charge in [-0.3, -0.25) is 14.9 Å². The Labute approximate surface area is 137 Å². The summed E-state index contributed by atoms with van der Waals surface area (Å²) in [5, 5.41) is 15.6. The third-order valence-corrected chi connectivity index (χ3v) is 3.93. The molecule has 1 aromatic heterocycles. The highest BCUT2D eigenvalue weighted by molar-refractivity contribution is 5.94. The van der Waals surface area contributed by atoms with Crippen molar-refractivity contribution in [2.24, 2.45) is 12.8 Å². The first-order valence-electron chi connectivity index (χ1n) is 7.32. The van der Waals surface area contributed by atoms with E-state index >= 15 is 0 Å². The summed E-state index contributed by atoms with van der Waals surface area (Å²) in [6, 6.07) is 12.1. The van der Waals surface area contributed by atoms with E-state index in [2.05, 4.69) is 5.32 Å². The number of aromatic nitrogens is 1. The van der Waals surface area contributed by atoms with Gasteiger partial charge in [-0.05, 0) is 24.3 Å². The van der Waals surface area contributed by atoms with E-state index in [-0.39, 0.29) is 17.8 Å². The van der Waals surface area contributed by atoms with Gasteiger partial charge in [0.1, 0.15) is 0 Å². The van der Waals surface area contributed by atoms with Gasteiger partial charge in [0.15, 0.2) is 0 Å². The third kappa shape index (κ3) is 2.79. The van der Waals surface area contributed by atoms with E-state index in [9.17, 15) is 14.9 Å². The van der Waals surface area contributed by atoms with Gasteiger partial charge in [-0.15, -0.1) is 0 Å². The molecule has 0 aliphatic carbocycles. The van der Waals surface area contributed by atoms with Gasteiger partial charge >= 0.3 is 0 Å². The fraction of sp³-hybridized carbons (Fsp3) is 0.118. The van der Waals surface area contributed by atoms with Crippen molar-refractivity contribution < 1.29 is 9.72 Å². The van der Waals surface area contributed by atoms with Crippen LogP contribution in [-0.4, -0.2) is 15.4 Å². The molecule has 0 fully saturated rings. The second-order valence-electron chi connectivity index (χ2n) is 5.49. The molecule has 0 spiro atoms. The van der Waals surface area contributed by atoms with Crippen LogP contribution in [0.3, 0.4) is 0 Å². The molecule has 2 aromatic carbocycles. The maximum Gasteiger partial charge on any atom is 0.275 e. The summed E-state index contributed by atoms with van der Waals surface area (Å²) in [6.45, 7) is 0.264. The predicted molar refractivity (Wildman–Crippen MR) is 91.9 cm³/mol. The van der Waals surface area contributed by atoms with Gasteiger partial charge in [-0.1, -0.05) is 12.1 Å². The summed E-state index contributed by atoms with van der Waals surface area (Å²) < 4.78 is 1.99. The zero-order valence-electron chi connectivity index (χ0n) is 13.0. The summed E-state index contributed by atoms with van der Waals surface area (Å²) in [7, 11) is 1.94. The van der Waals surface area contributed by atoms with Crippen LogP contribution in [0.15, 0.2) is 48.7 Å². The van der Waals surface area contributed by atoms with Crippen molar-refractivity contribution in [3.8, 4) is 0 Å². The zero-order valence-corrected chi connectivity index (χ0v) is 13.0. The quantitative estimate of drug-likeness (QED) is 0.556. The Morgan fingerprint density at radius 1 is 1.29 bits per heavy atom. The summed E-state index contributed by atoms with van der Waals surface area (Å²) in [5.74, 6) is -0.689. The molecule has 0 aliphatic heterocycles. The molecule has 24 heavy (non-hydrogen) atoms. The second-order valence-corrected chi connectivity index (χ2v) is 5.49. The molecule has 7 nitrogen and oxygen atoms in total. The van der Waals surface area contributed by atoms with Crippen molar-refractivity contribution in [3.05, 3.63) is 69.9 Å². The molecule has 3 rings (SSSR count). The zero-order chi connectivity index (χ0) is 17.3. The lowest BCUT2D eigenvalue weighted by Crippen LogP contribution is -2.12. The molecule has 0 bridgehead atoms. The number of nitro groups is 1. The number of nitrogens with zero attached hydrogens (tertiary/aromatic N) is 2. The third-order valence-electron chi connectivity index (χ3n) is 3.93. The maximum atomic E-state index is 11.3. The number of nitro benzene ring substituents is 1. The largest absolute Gasteiger partial charge is 0.379 e. The molecule has 1 heterocycles.